The van der Waals surface area contributed by atoms with Crippen LogP contribution in [-0.4, -0.2) is 70.2 Å². The molecule has 7 nitrogen and oxygen atoms in total. The Hall–Kier alpha value is -2.64. The summed E-state index contributed by atoms with van der Waals surface area (Å²) in [4.78, 5) is 25.2. The van der Waals surface area contributed by atoms with Crippen molar-refractivity contribution in [2.24, 2.45) is 0 Å². The van der Waals surface area contributed by atoms with Gasteiger partial charge in [-0.05, 0) is 44.5 Å². The Kier molecular flexibility index (Phi) is 5.19. The summed E-state index contributed by atoms with van der Waals surface area (Å²) in [7, 11) is 3.78. The highest BCUT2D eigenvalue weighted by molar-refractivity contribution is 5.83. The van der Waals surface area contributed by atoms with Crippen molar-refractivity contribution in [3.63, 3.8) is 0 Å². The van der Waals surface area contributed by atoms with E-state index >= 15 is 0 Å². The molecule has 1 aromatic carbocycles. The lowest BCUT2D eigenvalue weighted by Crippen LogP contribution is -2.55. The van der Waals surface area contributed by atoms with Gasteiger partial charge in [-0.3, -0.25) is 9.69 Å². The van der Waals surface area contributed by atoms with E-state index in [1.165, 1.54) is 0 Å². The topological polar surface area (TPSA) is 66.4 Å². The fourth-order valence-electron chi connectivity index (χ4n) is 4.08. The minimum atomic E-state index is -0.143. The molecule has 1 N–H and O–H groups in total. The summed E-state index contributed by atoms with van der Waals surface area (Å²) in [5, 5.41) is 0.952. The summed E-state index contributed by atoms with van der Waals surface area (Å²) in [5.74, 6) is 1.42. The van der Waals surface area contributed by atoms with Crippen LogP contribution in [0.25, 0.3) is 22.3 Å². The van der Waals surface area contributed by atoms with Gasteiger partial charge in [0.25, 0.3) is 5.56 Å². The highest BCUT2D eigenvalue weighted by Gasteiger charge is 2.30. The molecule has 7 heteroatoms. The second-order valence-corrected chi connectivity index (χ2v) is 8.45. The van der Waals surface area contributed by atoms with Crippen molar-refractivity contribution in [3.05, 3.63) is 47.0 Å². The fraction of sp³-hybridized carbons (Fsp3) is 0.455. The van der Waals surface area contributed by atoms with Gasteiger partial charge in [0.2, 0.25) is 0 Å². The third kappa shape index (κ3) is 3.93. The number of H-pyrrole nitrogens is 1. The molecule has 29 heavy (non-hydrogen) atoms. The molecule has 1 saturated heterocycles. The average Bonchev–Trinajstić information content (AvgIpc) is 3.14. The fourth-order valence-corrected chi connectivity index (χ4v) is 4.08. The first-order valence-corrected chi connectivity index (χ1v) is 10.0. The maximum Gasteiger partial charge on any atom is 0.259 e. The lowest BCUT2D eigenvalue weighted by molar-refractivity contribution is 0.0514. The summed E-state index contributed by atoms with van der Waals surface area (Å²) in [6, 6.07) is 7.60. The molecule has 0 atom stereocenters. The number of likely N-dealkylation sites (N-methyl/N-ethyl adjacent to an activating group) is 1. The molecule has 0 bridgehead atoms. The molecule has 0 amide bonds. The monoisotopic (exact) mass is 395 g/mol. The van der Waals surface area contributed by atoms with Crippen molar-refractivity contribution in [3.8, 4) is 17.1 Å². The number of nitrogens with zero attached hydrogens (tertiary/aromatic N) is 4. The van der Waals surface area contributed by atoms with Crippen LogP contribution in [0.4, 0.5) is 0 Å². The number of hydrogen-bond acceptors (Lipinski definition) is 5. The number of hydrogen-bond donors (Lipinski definition) is 1. The quantitative estimate of drug-likeness (QED) is 0.719. The zero-order valence-electron chi connectivity index (χ0n) is 17.6. The lowest BCUT2D eigenvalue weighted by atomic mass is 10.0. The maximum absolute atomic E-state index is 12.8. The Balaban J connectivity index is 1.65. The van der Waals surface area contributed by atoms with E-state index in [-0.39, 0.29) is 11.1 Å². The standard InChI is InChI=1S/C22H29N5O2/c1-22(2,27-11-9-25(3)10-12-27)15-26-8-7-23-20(26)18-13-16-5-6-17(29-4)14-19(16)24-21(18)28/h5-8,13-14H,9-12,15H2,1-4H3,(H,24,28). The van der Waals surface area contributed by atoms with E-state index in [1.807, 2.05) is 30.5 Å². The van der Waals surface area contributed by atoms with Gasteiger partial charge in [0, 0.05) is 56.7 Å². The molecule has 0 unspecified atom stereocenters. The normalized spacial score (nSPS) is 16.4. The number of aromatic nitrogens is 3. The van der Waals surface area contributed by atoms with Crippen LogP contribution in [-0.2, 0) is 6.54 Å². The van der Waals surface area contributed by atoms with Crippen molar-refractivity contribution in [1.82, 2.24) is 24.3 Å². The van der Waals surface area contributed by atoms with Gasteiger partial charge in [-0.15, -0.1) is 0 Å². The molecule has 1 aliphatic rings. The molecule has 0 spiro atoms. The van der Waals surface area contributed by atoms with Gasteiger partial charge in [-0.1, -0.05) is 0 Å². The molecular weight excluding hydrogens is 366 g/mol. The predicted octanol–water partition coefficient (Wildman–Crippen LogP) is 2.43. The van der Waals surface area contributed by atoms with Crippen molar-refractivity contribution in [2.75, 3.05) is 40.3 Å². The minimum Gasteiger partial charge on any atom is -0.497 e. The Bertz CT molecular complexity index is 1060. The van der Waals surface area contributed by atoms with Crippen LogP contribution in [0.1, 0.15) is 13.8 Å². The average molecular weight is 396 g/mol. The number of benzene rings is 1. The second kappa shape index (κ2) is 7.65. The molecule has 154 valence electrons. The first kappa shape index (κ1) is 19.7. The smallest absolute Gasteiger partial charge is 0.259 e. The van der Waals surface area contributed by atoms with E-state index in [2.05, 4.69) is 45.2 Å². The number of fused-ring (bicyclic) bond motifs is 1. The molecule has 0 radical (unpaired) electrons. The summed E-state index contributed by atoms with van der Waals surface area (Å²) >= 11 is 0. The van der Waals surface area contributed by atoms with Crippen LogP contribution in [0.3, 0.4) is 0 Å². The molecule has 4 rings (SSSR count). The number of rotatable bonds is 5. The largest absolute Gasteiger partial charge is 0.497 e. The molecule has 3 heterocycles. The van der Waals surface area contributed by atoms with Crippen LogP contribution in [0.2, 0.25) is 0 Å². The zero-order chi connectivity index (χ0) is 20.6. The molecule has 1 fully saturated rings. The van der Waals surface area contributed by atoms with E-state index in [0.29, 0.717) is 11.4 Å². The molecule has 3 aromatic rings. The molecule has 0 saturated carbocycles. The van der Waals surface area contributed by atoms with E-state index < -0.39 is 0 Å². The van der Waals surface area contributed by atoms with Crippen molar-refractivity contribution in [2.45, 2.75) is 25.9 Å². The summed E-state index contributed by atoms with van der Waals surface area (Å²) in [6.07, 6.45) is 3.73. The lowest BCUT2D eigenvalue weighted by Gasteiger charge is -2.43. The van der Waals surface area contributed by atoms with Gasteiger partial charge in [-0.25, -0.2) is 4.98 Å². The van der Waals surface area contributed by atoms with Crippen LogP contribution < -0.4 is 10.3 Å². The van der Waals surface area contributed by atoms with Gasteiger partial charge in [0.15, 0.2) is 0 Å². The van der Waals surface area contributed by atoms with E-state index in [9.17, 15) is 4.79 Å². The second-order valence-electron chi connectivity index (χ2n) is 8.45. The van der Waals surface area contributed by atoms with Gasteiger partial charge in [0.1, 0.15) is 11.6 Å². The van der Waals surface area contributed by atoms with Crippen LogP contribution in [0.5, 0.6) is 5.75 Å². The Morgan fingerprint density at radius 2 is 1.93 bits per heavy atom. The Labute approximate surface area is 170 Å². The van der Waals surface area contributed by atoms with E-state index in [1.54, 1.807) is 13.3 Å². The van der Waals surface area contributed by atoms with E-state index in [4.69, 9.17) is 4.74 Å². The highest BCUT2D eigenvalue weighted by Crippen LogP contribution is 2.25. The SMILES string of the molecule is COc1ccc2cc(-c3nccn3CC(C)(C)N3CCN(C)CC3)c(=O)[nH]c2c1. The molecule has 2 aromatic heterocycles. The number of methoxy groups -OCH3 is 1. The van der Waals surface area contributed by atoms with E-state index in [0.717, 1.165) is 49.4 Å². The van der Waals surface area contributed by atoms with Gasteiger partial charge in [-0.2, -0.15) is 0 Å². The van der Waals surface area contributed by atoms with Gasteiger partial charge < -0.3 is 19.2 Å². The molecular formula is C22H29N5O2. The highest BCUT2D eigenvalue weighted by atomic mass is 16.5. The minimum absolute atomic E-state index is 0.0340. The van der Waals surface area contributed by atoms with Crippen LogP contribution in [0.15, 0.2) is 41.5 Å². The summed E-state index contributed by atoms with van der Waals surface area (Å²) < 4.78 is 7.35. The third-order valence-corrected chi connectivity index (χ3v) is 5.93. The van der Waals surface area contributed by atoms with Crippen LogP contribution >= 0.6 is 0 Å². The van der Waals surface area contributed by atoms with Crippen LogP contribution in [0, 0.1) is 0 Å². The van der Waals surface area contributed by atoms with Gasteiger partial charge in [0.05, 0.1) is 18.2 Å². The maximum atomic E-state index is 12.8. The number of piperazine rings is 1. The Morgan fingerprint density at radius 1 is 1.17 bits per heavy atom. The van der Waals surface area contributed by atoms with Crippen molar-refractivity contribution < 1.29 is 4.74 Å². The summed E-state index contributed by atoms with van der Waals surface area (Å²) in [6.45, 7) is 9.55. The zero-order valence-corrected chi connectivity index (χ0v) is 17.6. The van der Waals surface area contributed by atoms with Gasteiger partial charge >= 0.3 is 0 Å². The third-order valence-electron chi connectivity index (χ3n) is 5.93. The first-order valence-electron chi connectivity index (χ1n) is 10.0. The van der Waals surface area contributed by atoms with Crippen molar-refractivity contribution >= 4 is 10.9 Å². The number of ether oxygens (including phenoxy) is 1. The van der Waals surface area contributed by atoms with Crippen molar-refractivity contribution in [1.29, 1.82) is 0 Å². The summed E-state index contributed by atoms with van der Waals surface area (Å²) in [5.41, 5.74) is 1.17. The number of aromatic amines is 1. The molecule has 0 aliphatic carbocycles. The first-order chi connectivity index (χ1) is 13.9. The number of nitrogens with one attached hydrogen (secondary N) is 1. The molecule has 1 aliphatic heterocycles. The predicted molar refractivity (Wildman–Crippen MR) is 115 cm³/mol. The Morgan fingerprint density at radius 3 is 2.66 bits per heavy atom. The number of pyridine rings is 1. The number of imidazole rings is 1.